The van der Waals surface area contributed by atoms with Crippen molar-refractivity contribution in [1.82, 2.24) is 14.9 Å². The van der Waals surface area contributed by atoms with Crippen LogP contribution in [0.5, 0.6) is 11.6 Å². The number of pyridine rings is 1. The molecule has 0 saturated carbocycles. The molecule has 0 saturated heterocycles. The standard InChI is InChI=1S/C22H21BrN4O3/c1-13-12-25-21(29-13)19-7-6-18(26-19)14-9-15(22(28)27(2)3)11-16(10-14)30-20-17(23)5-4-8-24-20/h4-11,13,26H,12H2,1-3H3/t13-/m0/s1. The zero-order valence-electron chi connectivity index (χ0n) is 16.8. The van der Waals surface area contributed by atoms with Gasteiger partial charge in [0.05, 0.1) is 11.0 Å². The summed E-state index contributed by atoms with van der Waals surface area (Å²) in [5.74, 6) is 1.41. The number of benzene rings is 1. The smallest absolute Gasteiger partial charge is 0.253 e. The monoisotopic (exact) mass is 468 g/mol. The summed E-state index contributed by atoms with van der Waals surface area (Å²) in [6.45, 7) is 2.63. The van der Waals surface area contributed by atoms with Crippen LogP contribution in [0.3, 0.4) is 0 Å². The van der Waals surface area contributed by atoms with Crippen LogP contribution in [0.4, 0.5) is 0 Å². The van der Waals surface area contributed by atoms with Gasteiger partial charge in [-0.2, -0.15) is 0 Å². The van der Waals surface area contributed by atoms with Crippen molar-refractivity contribution < 1.29 is 14.3 Å². The van der Waals surface area contributed by atoms with Crippen molar-refractivity contribution in [3.63, 3.8) is 0 Å². The number of nitrogens with one attached hydrogen (secondary N) is 1. The van der Waals surface area contributed by atoms with E-state index < -0.39 is 0 Å². The Balaban J connectivity index is 1.72. The van der Waals surface area contributed by atoms with Crippen LogP contribution in [0.15, 0.2) is 58.1 Å². The minimum atomic E-state index is -0.120. The summed E-state index contributed by atoms with van der Waals surface area (Å²) in [4.78, 5) is 26.2. The van der Waals surface area contributed by atoms with Gasteiger partial charge < -0.3 is 19.4 Å². The van der Waals surface area contributed by atoms with Crippen LogP contribution in [-0.2, 0) is 4.74 Å². The van der Waals surface area contributed by atoms with Crippen LogP contribution in [0.25, 0.3) is 11.3 Å². The van der Waals surface area contributed by atoms with Crippen LogP contribution in [0.1, 0.15) is 23.0 Å². The number of hydrogen-bond donors (Lipinski definition) is 1. The lowest BCUT2D eigenvalue weighted by Crippen LogP contribution is -2.21. The zero-order chi connectivity index (χ0) is 21.3. The zero-order valence-corrected chi connectivity index (χ0v) is 18.4. The Morgan fingerprint density at radius 2 is 2.03 bits per heavy atom. The molecule has 0 aliphatic carbocycles. The van der Waals surface area contributed by atoms with Gasteiger partial charge in [0.25, 0.3) is 5.91 Å². The molecular weight excluding hydrogens is 448 g/mol. The molecule has 3 aromatic rings. The number of amides is 1. The molecule has 30 heavy (non-hydrogen) atoms. The average Bonchev–Trinajstić information content (AvgIpc) is 3.38. The molecule has 4 rings (SSSR count). The van der Waals surface area contributed by atoms with E-state index >= 15 is 0 Å². The molecule has 2 aromatic heterocycles. The molecule has 0 unspecified atom stereocenters. The lowest BCUT2D eigenvalue weighted by atomic mass is 10.1. The number of hydrogen-bond acceptors (Lipinski definition) is 5. The lowest BCUT2D eigenvalue weighted by Gasteiger charge is -2.14. The molecule has 1 aliphatic heterocycles. The van der Waals surface area contributed by atoms with Crippen LogP contribution >= 0.6 is 15.9 Å². The molecule has 1 atom stereocenters. The molecule has 1 aromatic carbocycles. The quantitative estimate of drug-likeness (QED) is 0.597. The fourth-order valence-corrected chi connectivity index (χ4v) is 3.40. The third kappa shape index (κ3) is 4.23. The molecular formula is C22H21BrN4O3. The molecule has 0 fully saturated rings. The summed E-state index contributed by atoms with van der Waals surface area (Å²) in [5, 5.41) is 0. The number of rotatable bonds is 5. The second kappa shape index (κ2) is 8.31. The minimum Gasteiger partial charge on any atom is -0.471 e. The van der Waals surface area contributed by atoms with E-state index in [4.69, 9.17) is 9.47 Å². The molecule has 154 valence electrons. The van der Waals surface area contributed by atoms with Gasteiger partial charge in [-0.05, 0) is 65.3 Å². The number of nitrogens with zero attached hydrogens (tertiary/aromatic N) is 3. The molecule has 0 radical (unpaired) electrons. The first-order chi connectivity index (χ1) is 14.4. The van der Waals surface area contributed by atoms with Crippen LogP contribution < -0.4 is 4.74 Å². The van der Waals surface area contributed by atoms with E-state index in [1.165, 1.54) is 4.90 Å². The van der Waals surface area contributed by atoms with E-state index in [-0.39, 0.29) is 12.0 Å². The Morgan fingerprint density at radius 1 is 1.23 bits per heavy atom. The number of aromatic nitrogens is 2. The number of carbonyl (C=O) groups is 1. The van der Waals surface area contributed by atoms with Gasteiger partial charge in [0, 0.05) is 37.1 Å². The van der Waals surface area contributed by atoms with Crippen LogP contribution in [-0.4, -0.2) is 53.4 Å². The number of ether oxygens (including phenoxy) is 2. The Hall–Kier alpha value is -3.13. The van der Waals surface area contributed by atoms with Crippen molar-refractivity contribution >= 4 is 27.7 Å². The van der Waals surface area contributed by atoms with Gasteiger partial charge >= 0.3 is 0 Å². The third-order valence-electron chi connectivity index (χ3n) is 4.53. The molecule has 0 bridgehead atoms. The fraction of sp³-hybridized carbons (Fsp3) is 0.227. The van der Waals surface area contributed by atoms with Crippen molar-refractivity contribution in [2.45, 2.75) is 13.0 Å². The van der Waals surface area contributed by atoms with E-state index in [2.05, 4.69) is 30.9 Å². The molecule has 1 N–H and O–H groups in total. The Bertz CT molecular complexity index is 1120. The van der Waals surface area contributed by atoms with Crippen molar-refractivity contribution in [3.05, 3.63) is 64.4 Å². The number of aromatic amines is 1. The summed E-state index contributed by atoms with van der Waals surface area (Å²) in [5.41, 5.74) is 2.95. The number of H-pyrrole nitrogens is 1. The highest BCUT2D eigenvalue weighted by atomic mass is 79.9. The summed E-state index contributed by atoms with van der Waals surface area (Å²) in [6, 6.07) is 12.9. The highest BCUT2D eigenvalue weighted by Crippen LogP contribution is 2.32. The molecule has 3 heterocycles. The average molecular weight is 469 g/mol. The van der Waals surface area contributed by atoms with Gasteiger partial charge in [0.15, 0.2) is 0 Å². The van der Waals surface area contributed by atoms with E-state index in [1.807, 2.05) is 43.3 Å². The second-order valence-corrected chi connectivity index (χ2v) is 8.05. The first kappa shape index (κ1) is 20.2. The van der Waals surface area contributed by atoms with Gasteiger partial charge in [-0.25, -0.2) is 9.98 Å². The maximum Gasteiger partial charge on any atom is 0.253 e. The SMILES string of the molecule is C[C@H]1CN=C(c2ccc(-c3cc(Oc4ncccc4Br)cc(C(=O)N(C)C)c3)[nH]2)O1. The molecule has 8 heteroatoms. The summed E-state index contributed by atoms with van der Waals surface area (Å²) in [7, 11) is 3.43. The summed E-state index contributed by atoms with van der Waals surface area (Å²) in [6.07, 6.45) is 1.72. The number of carbonyl (C=O) groups excluding carboxylic acids is 1. The summed E-state index contributed by atoms with van der Waals surface area (Å²) >= 11 is 3.44. The van der Waals surface area contributed by atoms with Crippen LogP contribution in [0.2, 0.25) is 0 Å². The first-order valence-electron chi connectivity index (χ1n) is 9.46. The topological polar surface area (TPSA) is 79.8 Å². The Morgan fingerprint density at radius 3 is 2.73 bits per heavy atom. The van der Waals surface area contributed by atoms with E-state index in [1.54, 1.807) is 26.4 Å². The molecule has 1 amide bonds. The van der Waals surface area contributed by atoms with Crippen molar-refractivity contribution in [2.75, 3.05) is 20.6 Å². The molecule has 7 nitrogen and oxygen atoms in total. The highest BCUT2D eigenvalue weighted by Gasteiger charge is 2.19. The molecule has 1 aliphatic rings. The minimum absolute atomic E-state index is 0.0737. The maximum atomic E-state index is 12.6. The van der Waals surface area contributed by atoms with Gasteiger partial charge in [-0.15, -0.1) is 0 Å². The highest BCUT2D eigenvalue weighted by molar-refractivity contribution is 9.10. The van der Waals surface area contributed by atoms with Crippen molar-refractivity contribution in [1.29, 1.82) is 0 Å². The van der Waals surface area contributed by atoms with Gasteiger partial charge in [-0.3, -0.25) is 4.79 Å². The maximum absolute atomic E-state index is 12.6. The van der Waals surface area contributed by atoms with Crippen molar-refractivity contribution in [3.8, 4) is 22.9 Å². The second-order valence-electron chi connectivity index (χ2n) is 7.20. The van der Waals surface area contributed by atoms with Crippen LogP contribution in [0, 0.1) is 0 Å². The largest absolute Gasteiger partial charge is 0.471 e. The van der Waals surface area contributed by atoms with E-state index in [0.29, 0.717) is 29.6 Å². The predicted molar refractivity (Wildman–Crippen MR) is 118 cm³/mol. The molecule has 0 spiro atoms. The predicted octanol–water partition coefficient (Wildman–Crippen LogP) is 4.50. The number of halogens is 1. The van der Waals surface area contributed by atoms with Gasteiger partial charge in [-0.1, -0.05) is 0 Å². The van der Waals surface area contributed by atoms with Crippen molar-refractivity contribution in [2.24, 2.45) is 4.99 Å². The number of aliphatic imine (C=N–C) groups is 1. The van der Waals surface area contributed by atoms with E-state index in [0.717, 1.165) is 21.4 Å². The lowest BCUT2D eigenvalue weighted by molar-refractivity contribution is 0.0827. The Kier molecular flexibility index (Phi) is 5.59. The Labute approximate surface area is 182 Å². The third-order valence-corrected chi connectivity index (χ3v) is 5.13. The van der Waals surface area contributed by atoms with E-state index in [9.17, 15) is 4.79 Å². The first-order valence-corrected chi connectivity index (χ1v) is 10.3. The van der Waals surface area contributed by atoms with Gasteiger partial charge in [0.2, 0.25) is 11.8 Å². The van der Waals surface area contributed by atoms with Gasteiger partial charge in [0.1, 0.15) is 17.5 Å². The summed E-state index contributed by atoms with van der Waals surface area (Å²) < 4.78 is 12.4. The normalized spacial score (nSPS) is 15.5. The fourth-order valence-electron chi connectivity index (χ4n) is 3.07.